The highest BCUT2D eigenvalue weighted by atomic mass is 19.1. The molecule has 1 aromatic carbocycles. The summed E-state index contributed by atoms with van der Waals surface area (Å²) < 4.78 is 20.0. The second-order valence-electron chi connectivity index (χ2n) is 6.40. The Morgan fingerprint density at radius 2 is 2.12 bits per heavy atom. The summed E-state index contributed by atoms with van der Waals surface area (Å²) in [6.07, 6.45) is 3.90. The molecule has 2 aliphatic rings. The molecule has 2 aromatic rings. The van der Waals surface area contributed by atoms with E-state index in [0.29, 0.717) is 37.2 Å². The van der Waals surface area contributed by atoms with Crippen molar-refractivity contribution in [2.75, 3.05) is 22.9 Å². The fraction of sp³-hybridized carbons (Fsp3) is 0.316. The summed E-state index contributed by atoms with van der Waals surface area (Å²) >= 11 is 0. The van der Waals surface area contributed by atoms with Gasteiger partial charge in [0, 0.05) is 24.5 Å². The monoisotopic (exact) mass is 355 g/mol. The maximum absolute atomic E-state index is 14.8. The van der Waals surface area contributed by atoms with Gasteiger partial charge in [-0.15, -0.1) is 0 Å². The van der Waals surface area contributed by atoms with Gasteiger partial charge in [0.05, 0.1) is 17.9 Å². The molecule has 1 aromatic heterocycles. The van der Waals surface area contributed by atoms with Crippen molar-refractivity contribution in [2.45, 2.75) is 25.9 Å². The van der Waals surface area contributed by atoms with Crippen LogP contribution < -0.4 is 9.80 Å². The molecule has 1 saturated heterocycles. The smallest absolute Gasteiger partial charge is 0.414 e. The van der Waals surface area contributed by atoms with Crippen LogP contribution in [0.4, 0.5) is 20.6 Å². The second kappa shape index (κ2) is 6.40. The number of amides is 2. The van der Waals surface area contributed by atoms with E-state index < -0.39 is 11.9 Å². The predicted octanol–water partition coefficient (Wildman–Crippen LogP) is 3.16. The van der Waals surface area contributed by atoms with Crippen LogP contribution in [0, 0.1) is 5.82 Å². The molecular formula is C19H18FN3O3. The van der Waals surface area contributed by atoms with E-state index in [-0.39, 0.29) is 17.7 Å². The van der Waals surface area contributed by atoms with Crippen LogP contribution in [-0.2, 0) is 11.2 Å². The van der Waals surface area contributed by atoms with Gasteiger partial charge in [0.15, 0.2) is 0 Å². The number of carbonyl (C=O) groups is 2. The van der Waals surface area contributed by atoms with E-state index >= 15 is 0 Å². The van der Waals surface area contributed by atoms with Crippen LogP contribution in [0.5, 0.6) is 0 Å². The molecule has 134 valence electrons. The van der Waals surface area contributed by atoms with Crippen molar-refractivity contribution in [1.29, 1.82) is 0 Å². The van der Waals surface area contributed by atoms with E-state index in [2.05, 4.69) is 4.98 Å². The number of aromatic nitrogens is 1. The minimum absolute atomic E-state index is 0.181. The summed E-state index contributed by atoms with van der Waals surface area (Å²) in [4.78, 5) is 31.5. The number of carbonyl (C=O) groups excluding carboxylic acids is 2. The number of halogens is 1. The molecule has 3 heterocycles. The van der Waals surface area contributed by atoms with Gasteiger partial charge in [-0.05, 0) is 42.7 Å². The lowest BCUT2D eigenvalue weighted by Gasteiger charge is -2.29. The maximum Gasteiger partial charge on any atom is 0.414 e. The maximum atomic E-state index is 14.8. The Labute approximate surface area is 150 Å². The fourth-order valence-electron chi connectivity index (χ4n) is 3.37. The Bertz CT molecular complexity index is 886. The van der Waals surface area contributed by atoms with Crippen LogP contribution in [0.15, 0.2) is 36.7 Å². The zero-order chi connectivity index (χ0) is 18.3. The molecule has 6 nitrogen and oxygen atoms in total. The number of fused-ring (bicyclic) bond motifs is 1. The second-order valence-corrected chi connectivity index (χ2v) is 6.40. The Kier molecular flexibility index (Phi) is 4.06. The molecule has 0 N–H and O–H groups in total. The van der Waals surface area contributed by atoms with Crippen molar-refractivity contribution in [3.63, 3.8) is 0 Å². The highest BCUT2D eigenvalue weighted by Crippen LogP contribution is 2.31. The zero-order valence-electron chi connectivity index (χ0n) is 14.3. The number of hydrogen-bond acceptors (Lipinski definition) is 4. The molecule has 7 heteroatoms. The summed E-state index contributed by atoms with van der Waals surface area (Å²) in [6.45, 7) is 2.72. The average molecular weight is 355 g/mol. The molecule has 1 unspecified atom stereocenters. The Balaban J connectivity index is 1.61. The van der Waals surface area contributed by atoms with Gasteiger partial charge >= 0.3 is 6.09 Å². The molecule has 0 aliphatic carbocycles. The Hall–Kier alpha value is -2.96. The van der Waals surface area contributed by atoms with E-state index in [4.69, 9.17) is 4.74 Å². The first-order chi connectivity index (χ1) is 12.6. The molecule has 26 heavy (non-hydrogen) atoms. The number of benzene rings is 1. The van der Waals surface area contributed by atoms with Gasteiger partial charge in [-0.3, -0.25) is 14.7 Å². The highest BCUT2D eigenvalue weighted by molar-refractivity contribution is 6.08. The first-order valence-electron chi connectivity index (χ1n) is 8.61. The first kappa shape index (κ1) is 16.5. The van der Waals surface area contributed by atoms with Crippen LogP contribution >= 0.6 is 0 Å². The molecule has 2 amide bonds. The number of nitrogens with zero attached hydrogens (tertiary/aromatic N) is 3. The van der Waals surface area contributed by atoms with Gasteiger partial charge in [0.25, 0.3) is 5.91 Å². The normalized spacial score (nSPS) is 19.5. The van der Waals surface area contributed by atoms with Crippen LogP contribution in [0.3, 0.4) is 0 Å². The van der Waals surface area contributed by atoms with Gasteiger partial charge in [-0.1, -0.05) is 6.92 Å². The third-order valence-electron chi connectivity index (χ3n) is 4.85. The van der Waals surface area contributed by atoms with Gasteiger partial charge in [0.2, 0.25) is 0 Å². The zero-order valence-corrected chi connectivity index (χ0v) is 14.3. The van der Waals surface area contributed by atoms with Crippen LogP contribution in [-0.4, -0.2) is 36.2 Å². The molecule has 0 radical (unpaired) electrons. The van der Waals surface area contributed by atoms with Crippen LogP contribution in [0.2, 0.25) is 0 Å². The number of ether oxygens (including phenoxy) is 1. The van der Waals surface area contributed by atoms with Gasteiger partial charge in [-0.2, -0.15) is 0 Å². The summed E-state index contributed by atoms with van der Waals surface area (Å²) in [5, 5.41) is 0. The van der Waals surface area contributed by atoms with Crippen molar-refractivity contribution >= 4 is 23.4 Å². The van der Waals surface area contributed by atoms with Crippen LogP contribution in [0.25, 0.3) is 0 Å². The molecular weight excluding hydrogens is 337 g/mol. The standard InChI is InChI=1S/C19H18FN3O3/c1-2-14-11-23(19(25)26-14)13-3-4-17(16(20)9-13)22-8-6-12-10-21-7-5-15(12)18(22)24/h3-5,7,9-10,14H,2,6,8,11H2,1H3. The van der Waals surface area contributed by atoms with Crippen LogP contribution in [0.1, 0.15) is 29.3 Å². The molecule has 1 atom stereocenters. The number of hydrogen-bond donors (Lipinski definition) is 0. The topological polar surface area (TPSA) is 62.7 Å². The van der Waals surface area contributed by atoms with Crippen molar-refractivity contribution in [3.05, 3.63) is 53.6 Å². The molecule has 4 rings (SSSR count). The Morgan fingerprint density at radius 3 is 2.85 bits per heavy atom. The summed E-state index contributed by atoms with van der Waals surface area (Å²) in [7, 11) is 0. The third-order valence-corrected chi connectivity index (χ3v) is 4.85. The molecule has 1 fully saturated rings. The highest BCUT2D eigenvalue weighted by Gasteiger charge is 2.32. The fourth-order valence-corrected chi connectivity index (χ4v) is 3.37. The van der Waals surface area contributed by atoms with Gasteiger partial charge < -0.3 is 9.64 Å². The van der Waals surface area contributed by atoms with Gasteiger partial charge in [0.1, 0.15) is 11.9 Å². The minimum Gasteiger partial charge on any atom is -0.444 e. The number of pyridine rings is 1. The van der Waals surface area contributed by atoms with Crippen molar-refractivity contribution in [2.24, 2.45) is 0 Å². The molecule has 0 saturated carbocycles. The SMILES string of the molecule is CCC1CN(c2ccc(N3CCc4cnccc4C3=O)c(F)c2)C(=O)O1. The first-order valence-corrected chi connectivity index (χ1v) is 8.61. The average Bonchev–Trinajstić information content (AvgIpc) is 3.04. The molecule has 0 bridgehead atoms. The summed E-state index contributed by atoms with van der Waals surface area (Å²) in [5.74, 6) is -0.784. The molecule has 0 spiro atoms. The van der Waals surface area contributed by atoms with E-state index in [0.717, 1.165) is 5.56 Å². The Morgan fingerprint density at radius 1 is 1.27 bits per heavy atom. The number of cyclic esters (lactones) is 1. The van der Waals surface area contributed by atoms with Crippen molar-refractivity contribution in [1.82, 2.24) is 4.98 Å². The quantitative estimate of drug-likeness (QED) is 0.848. The number of anilines is 2. The van der Waals surface area contributed by atoms with Crippen molar-refractivity contribution in [3.8, 4) is 0 Å². The number of rotatable bonds is 3. The minimum atomic E-state index is -0.541. The lowest BCUT2D eigenvalue weighted by atomic mass is 10.0. The van der Waals surface area contributed by atoms with E-state index in [1.807, 2.05) is 6.92 Å². The van der Waals surface area contributed by atoms with E-state index in [1.165, 1.54) is 15.9 Å². The summed E-state index contributed by atoms with van der Waals surface area (Å²) in [6, 6.07) is 6.12. The van der Waals surface area contributed by atoms with Crippen molar-refractivity contribution < 1.29 is 18.7 Å². The molecule has 2 aliphatic heterocycles. The third kappa shape index (κ3) is 2.69. The van der Waals surface area contributed by atoms with Gasteiger partial charge in [-0.25, -0.2) is 9.18 Å². The predicted molar refractivity (Wildman–Crippen MR) is 93.9 cm³/mol. The summed E-state index contributed by atoms with van der Waals surface area (Å²) in [5.41, 5.74) is 2.06. The van der Waals surface area contributed by atoms with E-state index in [9.17, 15) is 14.0 Å². The largest absolute Gasteiger partial charge is 0.444 e. The lowest BCUT2D eigenvalue weighted by Crippen LogP contribution is -2.38. The lowest BCUT2D eigenvalue weighted by molar-refractivity contribution is 0.0979. The van der Waals surface area contributed by atoms with E-state index in [1.54, 1.807) is 30.6 Å².